The lowest BCUT2D eigenvalue weighted by Crippen LogP contribution is -2.35. The van der Waals surface area contributed by atoms with Gasteiger partial charge in [0.15, 0.2) is 9.84 Å². The van der Waals surface area contributed by atoms with Gasteiger partial charge in [-0.25, -0.2) is 8.42 Å². The normalized spacial score (nSPS) is 13.2. The first kappa shape index (κ1) is 16.7. The van der Waals surface area contributed by atoms with Crippen molar-refractivity contribution >= 4 is 21.4 Å². The van der Waals surface area contributed by atoms with Gasteiger partial charge in [0.25, 0.3) is 0 Å². The molecule has 0 radical (unpaired) electrons. The Kier molecular flexibility index (Phi) is 5.71. The summed E-state index contributed by atoms with van der Waals surface area (Å²) in [5.74, 6) is -0.501. The molecule has 1 unspecified atom stereocenters. The van der Waals surface area contributed by atoms with E-state index in [4.69, 9.17) is 5.73 Å². The number of carbonyl (C=O) groups is 1. The molecule has 6 heteroatoms. The zero-order valence-electron chi connectivity index (χ0n) is 12.1. The SMILES string of the molecule is CC(C)CS(=O)(=O)C(C)C(=O)Nc1ccc(CN)cc1. The number of sulfone groups is 1. The number of nitrogens with two attached hydrogens (primary N) is 1. The number of benzene rings is 1. The van der Waals surface area contributed by atoms with Crippen LogP contribution in [0, 0.1) is 5.92 Å². The Hall–Kier alpha value is -1.40. The summed E-state index contributed by atoms with van der Waals surface area (Å²) in [6.07, 6.45) is 0. The molecular weight excluding hydrogens is 276 g/mol. The molecule has 0 aliphatic rings. The first-order valence-electron chi connectivity index (χ1n) is 6.57. The molecule has 0 spiro atoms. The standard InChI is InChI=1S/C14H22N2O3S/c1-10(2)9-20(18,19)11(3)14(17)16-13-6-4-12(8-15)5-7-13/h4-7,10-11H,8-9,15H2,1-3H3,(H,16,17). The Morgan fingerprint density at radius 3 is 2.20 bits per heavy atom. The summed E-state index contributed by atoms with van der Waals surface area (Å²) >= 11 is 0. The zero-order chi connectivity index (χ0) is 15.3. The van der Waals surface area contributed by atoms with Crippen molar-refractivity contribution in [2.45, 2.75) is 32.6 Å². The smallest absolute Gasteiger partial charge is 0.242 e. The lowest BCUT2D eigenvalue weighted by atomic mass is 10.2. The second kappa shape index (κ2) is 6.85. The van der Waals surface area contributed by atoms with Crippen molar-refractivity contribution < 1.29 is 13.2 Å². The number of hydrogen-bond donors (Lipinski definition) is 2. The maximum Gasteiger partial charge on any atom is 0.242 e. The van der Waals surface area contributed by atoms with Crippen LogP contribution < -0.4 is 11.1 Å². The minimum atomic E-state index is -3.42. The van der Waals surface area contributed by atoms with Crippen LogP contribution in [0.15, 0.2) is 24.3 Å². The van der Waals surface area contributed by atoms with Crippen LogP contribution in [0.3, 0.4) is 0 Å². The number of rotatable bonds is 6. The van der Waals surface area contributed by atoms with Gasteiger partial charge in [0, 0.05) is 12.2 Å². The quantitative estimate of drug-likeness (QED) is 0.833. The van der Waals surface area contributed by atoms with E-state index in [1.165, 1.54) is 6.92 Å². The van der Waals surface area contributed by atoms with E-state index in [0.717, 1.165) is 5.56 Å². The summed E-state index contributed by atoms with van der Waals surface area (Å²) in [6, 6.07) is 7.01. The fraction of sp³-hybridized carbons (Fsp3) is 0.500. The predicted molar refractivity (Wildman–Crippen MR) is 81.0 cm³/mol. The molecule has 0 heterocycles. The molecular formula is C14H22N2O3S. The number of amides is 1. The van der Waals surface area contributed by atoms with Crippen LogP contribution in [-0.4, -0.2) is 25.3 Å². The van der Waals surface area contributed by atoms with Gasteiger partial charge in [0.05, 0.1) is 5.75 Å². The predicted octanol–water partition coefficient (Wildman–Crippen LogP) is 1.54. The minimum absolute atomic E-state index is 0.000845. The molecule has 0 aliphatic heterocycles. The van der Waals surface area contributed by atoms with E-state index < -0.39 is 21.0 Å². The summed E-state index contributed by atoms with van der Waals surface area (Å²) in [6.45, 7) is 5.47. The van der Waals surface area contributed by atoms with E-state index in [1.54, 1.807) is 24.3 Å². The Morgan fingerprint density at radius 1 is 1.20 bits per heavy atom. The molecule has 20 heavy (non-hydrogen) atoms. The summed E-state index contributed by atoms with van der Waals surface area (Å²) in [4.78, 5) is 12.0. The average Bonchev–Trinajstić information content (AvgIpc) is 2.37. The summed E-state index contributed by atoms with van der Waals surface area (Å²) in [5.41, 5.74) is 7.00. The molecule has 0 fully saturated rings. The van der Waals surface area contributed by atoms with Crippen molar-refractivity contribution in [1.29, 1.82) is 0 Å². The molecule has 1 aromatic rings. The molecule has 0 bridgehead atoms. The summed E-state index contributed by atoms with van der Waals surface area (Å²) in [5, 5.41) is 1.56. The number of hydrogen-bond acceptors (Lipinski definition) is 4. The second-order valence-corrected chi connectivity index (χ2v) is 7.62. The topological polar surface area (TPSA) is 89.3 Å². The highest BCUT2D eigenvalue weighted by molar-refractivity contribution is 7.92. The van der Waals surface area contributed by atoms with Gasteiger partial charge in [-0.05, 0) is 30.5 Å². The van der Waals surface area contributed by atoms with Gasteiger partial charge in [0.1, 0.15) is 5.25 Å². The second-order valence-electron chi connectivity index (χ2n) is 5.26. The fourth-order valence-electron chi connectivity index (χ4n) is 1.74. The third-order valence-electron chi connectivity index (χ3n) is 2.93. The minimum Gasteiger partial charge on any atom is -0.326 e. The fourth-order valence-corrected chi connectivity index (χ4v) is 3.34. The van der Waals surface area contributed by atoms with Gasteiger partial charge < -0.3 is 11.1 Å². The third kappa shape index (κ3) is 4.61. The molecule has 1 aromatic carbocycles. The van der Waals surface area contributed by atoms with E-state index in [-0.39, 0.29) is 11.7 Å². The highest BCUT2D eigenvalue weighted by Gasteiger charge is 2.28. The molecule has 0 aromatic heterocycles. The monoisotopic (exact) mass is 298 g/mol. The van der Waals surface area contributed by atoms with Crippen molar-refractivity contribution in [3.05, 3.63) is 29.8 Å². The number of anilines is 1. The van der Waals surface area contributed by atoms with Crippen LogP contribution in [0.2, 0.25) is 0 Å². The van der Waals surface area contributed by atoms with Crippen molar-refractivity contribution in [2.75, 3.05) is 11.1 Å². The van der Waals surface area contributed by atoms with Crippen molar-refractivity contribution in [2.24, 2.45) is 11.7 Å². The van der Waals surface area contributed by atoms with Gasteiger partial charge in [-0.1, -0.05) is 26.0 Å². The van der Waals surface area contributed by atoms with Crippen LogP contribution in [0.25, 0.3) is 0 Å². The zero-order valence-corrected chi connectivity index (χ0v) is 12.9. The lowest BCUT2D eigenvalue weighted by molar-refractivity contribution is -0.115. The highest BCUT2D eigenvalue weighted by atomic mass is 32.2. The van der Waals surface area contributed by atoms with E-state index >= 15 is 0 Å². The van der Waals surface area contributed by atoms with Crippen molar-refractivity contribution in [3.63, 3.8) is 0 Å². The Balaban J connectivity index is 2.74. The summed E-state index contributed by atoms with van der Waals surface area (Å²) < 4.78 is 24.0. The molecule has 0 aliphatic carbocycles. The van der Waals surface area contributed by atoms with Crippen LogP contribution in [0.5, 0.6) is 0 Å². The average molecular weight is 298 g/mol. The molecule has 1 amide bonds. The van der Waals surface area contributed by atoms with E-state index in [9.17, 15) is 13.2 Å². The highest BCUT2D eigenvalue weighted by Crippen LogP contribution is 2.13. The first-order chi connectivity index (χ1) is 9.26. The molecule has 1 rings (SSSR count). The third-order valence-corrected chi connectivity index (χ3v) is 5.35. The lowest BCUT2D eigenvalue weighted by Gasteiger charge is -2.14. The van der Waals surface area contributed by atoms with Gasteiger partial charge in [-0.15, -0.1) is 0 Å². The van der Waals surface area contributed by atoms with Gasteiger partial charge in [-0.3, -0.25) is 4.79 Å². The van der Waals surface area contributed by atoms with Crippen LogP contribution >= 0.6 is 0 Å². The van der Waals surface area contributed by atoms with E-state index in [1.807, 2.05) is 13.8 Å². The van der Waals surface area contributed by atoms with Crippen LogP contribution in [0.1, 0.15) is 26.3 Å². The van der Waals surface area contributed by atoms with Gasteiger partial charge in [-0.2, -0.15) is 0 Å². The summed E-state index contributed by atoms with van der Waals surface area (Å²) in [7, 11) is -3.42. The van der Waals surface area contributed by atoms with Crippen molar-refractivity contribution in [3.8, 4) is 0 Å². The first-order valence-corrected chi connectivity index (χ1v) is 8.29. The van der Waals surface area contributed by atoms with Crippen LogP contribution in [-0.2, 0) is 21.2 Å². The molecule has 0 saturated heterocycles. The van der Waals surface area contributed by atoms with E-state index in [2.05, 4.69) is 5.32 Å². The maximum atomic E-state index is 12.0. The van der Waals surface area contributed by atoms with Crippen molar-refractivity contribution in [1.82, 2.24) is 0 Å². The Bertz CT molecular complexity index is 550. The molecule has 0 saturated carbocycles. The Labute approximate surface area is 120 Å². The molecule has 3 N–H and O–H groups in total. The number of nitrogens with one attached hydrogen (secondary N) is 1. The number of carbonyl (C=O) groups excluding carboxylic acids is 1. The maximum absolute atomic E-state index is 12.0. The Morgan fingerprint density at radius 2 is 1.75 bits per heavy atom. The van der Waals surface area contributed by atoms with E-state index in [0.29, 0.717) is 12.2 Å². The van der Waals surface area contributed by atoms with Crippen LogP contribution in [0.4, 0.5) is 5.69 Å². The molecule has 1 atom stereocenters. The largest absolute Gasteiger partial charge is 0.326 e. The molecule has 5 nitrogen and oxygen atoms in total. The van der Waals surface area contributed by atoms with Gasteiger partial charge >= 0.3 is 0 Å². The molecule has 112 valence electrons. The van der Waals surface area contributed by atoms with Gasteiger partial charge in [0.2, 0.25) is 5.91 Å².